The fourth-order valence-corrected chi connectivity index (χ4v) is 3.98. The Morgan fingerprint density at radius 2 is 1.97 bits per heavy atom. The van der Waals surface area contributed by atoms with Crippen LogP contribution in [0.3, 0.4) is 0 Å². The molecule has 3 aromatic rings. The number of likely N-dealkylation sites (tertiary alicyclic amines) is 1. The molecule has 0 spiro atoms. The van der Waals surface area contributed by atoms with Crippen LogP contribution in [0, 0.1) is 19.7 Å². The summed E-state index contributed by atoms with van der Waals surface area (Å²) in [5.41, 5.74) is 3.39. The van der Waals surface area contributed by atoms with Gasteiger partial charge >= 0.3 is 0 Å². The van der Waals surface area contributed by atoms with E-state index < -0.39 is 0 Å². The van der Waals surface area contributed by atoms with Crippen LogP contribution >= 0.6 is 0 Å². The zero-order valence-corrected chi connectivity index (χ0v) is 18.1. The van der Waals surface area contributed by atoms with Gasteiger partial charge in [0.1, 0.15) is 11.6 Å². The number of carbonyl (C=O) groups excluding carboxylic acids is 2. The van der Waals surface area contributed by atoms with E-state index in [0.29, 0.717) is 23.6 Å². The number of benzene rings is 1. The summed E-state index contributed by atoms with van der Waals surface area (Å²) in [5.74, 6) is 0.183. The van der Waals surface area contributed by atoms with Gasteiger partial charge < -0.3 is 14.7 Å². The lowest BCUT2D eigenvalue weighted by Crippen LogP contribution is -2.40. The van der Waals surface area contributed by atoms with Crippen molar-refractivity contribution >= 4 is 17.5 Å². The normalized spacial score (nSPS) is 16.1. The third-order valence-corrected chi connectivity index (χ3v) is 5.85. The lowest BCUT2D eigenvalue weighted by Gasteiger charge is -2.32. The van der Waals surface area contributed by atoms with Gasteiger partial charge in [-0.3, -0.25) is 14.6 Å². The number of rotatable bonds is 5. The highest BCUT2D eigenvalue weighted by molar-refractivity contribution is 6.04. The predicted octanol–water partition coefficient (Wildman–Crippen LogP) is 4.03. The van der Waals surface area contributed by atoms with Crippen LogP contribution < -0.4 is 5.32 Å². The molecule has 0 aliphatic carbocycles. The first kappa shape index (κ1) is 21.7. The summed E-state index contributed by atoms with van der Waals surface area (Å²) < 4.78 is 18.2. The zero-order valence-electron chi connectivity index (χ0n) is 18.1. The molecule has 1 fully saturated rings. The largest absolute Gasteiger partial charge is 0.361 e. The van der Waals surface area contributed by atoms with E-state index in [2.05, 4.69) is 15.5 Å². The molecular formula is C24H25FN4O3. The Balaban J connectivity index is 1.38. The van der Waals surface area contributed by atoms with Gasteiger partial charge in [-0.15, -0.1) is 0 Å². The molecule has 1 saturated heterocycles. The molecule has 0 saturated carbocycles. The predicted molar refractivity (Wildman–Crippen MR) is 117 cm³/mol. The van der Waals surface area contributed by atoms with Crippen molar-refractivity contribution in [1.82, 2.24) is 15.0 Å². The number of aromatic nitrogens is 2. The molecular weight excluding hydrogens is 411 g/mol. The Morgan fingerprint density at radius 1 is 1.19 bits per heavy atom. The van der Waals surface area contributed by atoms with Crippen LogP contribution in [0.15, 0.2) is 47.1 Å². The van der Waals surface area contributed by atoms with Crippen LogP contribution in [0.2, 0.25) is 0 Å². The molecule has 1 aromatic carbocycles. The SMILES string of the molecule is Cc1noc(C)c1CC(=O)N1CCC[C@@H](c2ccc(C(=O)Nc3ccc(F)cc3)cn2)C1. The van der Waals surface area contributed by atoms with Crippen LogP contribution in [-0.2, 0) is 11.2 Å². The Morgan fingerprint density at radius 3 is 2.62 bits per heavy atom. The summed E-state index contributed by atoms with van der Waals surface area (Å²) in [6, 6.07) is 9.16. The van der Waals surface area contributed by atoms with E-state index in [1.165, 1.54) is 24.3 Å². The lowest BCUT2D eigenvalue weighted by atomic mass is 9.93. The van der Waals surface area contributed by atoms with Crippen molar-refractivity contribution < 1.29 is 18.5 Å². The summed E-state index contributed by atoms with van der Waals surface area (Å²) in [7, 11) is 0. The van der Waals surface area contributed by atoms with E-state index in [0.717, 1.165) is 36.3 Å². The maximum Gasteiger partial charge on any atom is 0.257 e. The van der Waals surface area contributed by atoms with Crippen molar-refractivity contribution in [3.8, 4) is 0 Å². The minimum Gasteiger partial charge on any atom is -0.361 e. The molecule has 32 heavy (non-hydrogen) atoms. The van der Waals surface area contributed by atoms with Crippen molar-refractivity contribution in [2.75, 3.05) is 18.4 Å². The van der Waals surface area contributed by atoms with Crippen molar-refractivity contribution in [3.63, 3.8) is 0 Å². The number of carbonyl (C=O) groups is 2. The molecule has 3 heterocycles. The van der Waals surface area contributed by atoms with Gasteiger partial charge in [-0.1, -0.05) is 5.16 Å². The van der Waals surface area contributed by atoms with Crippen molar-refractivity contribution in [3.05, 3.63) is 76.7 Å². The zero-order chi connectivity index (χ0) is 22.7. The van der Waals surface area contributed by atoms with E-state index in [9.17, 15) is 14.0 Å². The van der Waals surface area contributed by atoms with Crippen molar-refractivity contribution in [2.24, 2.45) is 0 Å². The molecule has 0 bridgehead atoms. The number of nitrogens with zero attached hydrogens (tertiary/aromatic N) is 3. The maximum atomic E-state index is 13.0. The molecule has 7 nitrogen and oxygen atoms in total. The van der Waals surface area contributed by atoms with Gasteiger partial charge in [-0.25, -0.2) is 4.39 Å². The van der Waals surface area contributed by atoms with Crippen LogP contribution in [0.25, 0.3) is 0 Å². The summed E-state index contributed by atoms with van der Waals surface area (Å²) >= 11 is 0. The quantitative estimate of drug-likeness (QED) is 0.653. The van der Waals surface area contributed by atoms with Gasteiger partial charge in [-0.05, 0) is 63.1 Å². The number of aryl methyl sites for hydroxylation is 2. The van der Waals surface area contributed by atoms with Gasteiger partial charge in [0, 0.05) is 42.1 Å². The van der Waals surface area contributed by atoms with Gasteiger partial charge in [0.15, 0.2) is 0 Å². The Kier molecular flexibility index (Phi) is 6.30. The number of piperidine rings is 1. The van der Waals surface area contributed by atoms with Crippen LogP contribution in [0.1, 0.15) is 51.8 Å². The topological polar surface area (TPSA) is 88.3 Å². The minimum atomic E-state index is -0.360. The molecule has 2 amide bonds. The van der Waals surface area contributed by atoms with E-state index in [1.54, 1.807) is 12.3 Å². The highest BCUT2D eigenvalue weighted by Crippen LogP contribution is 2.27. The van der Waals surface area contributed by atoms with Gasteiger partial charge in [0.2, 0.25) is 5.91 Å². The lowest BCUT2D eigenvalue weighted by molar-refractivity contribution is -0.131. The molecule has 1 N–H and O–H groups in total. The number of hydrogen-bond acceptors (Lipinski definition) is 5. The fraction of sp³-hybridized carbons (Fsp3) is 0.333. The average Bonchev–Trinajstić information content (AvgIpc) is 3.13. The smallest absolute Gasteiger partial charge is 0.257 e. The molecule has 0 unspecified atom stereocenters. The monoisotopic (exact) mass is 436 g/mol. The van der Waals surface area contributed by atoms with E-state index in [-0.39, 0.29) is 30.0 Å². The highest BCUT2D eigenvalue weighted by atomic mass is 19.1. The average molecular weight is 436 g/mol. The Bertz CT molecular complexity index is 1090. The summed E-state index contributed by atoms with van der Waals surface area (Å²) in [6.07, 6.45) is 3.65. The molecule has 4 rings (SSSR count). The molecule has 0 radical (unpaired) electrons. The van der Waals surface area contributed by atoms with Crippen molar-refractivity contribution in [2.45, 2.75) is 39.0 Å². The second-order valence-electron chi connectivity index (χ2n) is 8.09. The summed E-state index contributed by atoms with van der Waals surface area (Å²) in [6.45, 7) is 4.97. The summed E-state index contributed by atoms with van der Waals surface area (Å²) in [4.78, 5) is 31.6. The number of anilines is 1. The molecule has 1 aliphatic heterocycles. The second kappa shape index (κ2) is 9.30. The number of hydrogen-bond donors (Lipinski definition) is 1. The van der Waals surface area contributed by atoms with E-state index in [4.69, 9.17) is 4.52 Å². The number of halogens is 1. The van der Waals surface area contributed by atoms with Crippen LogP contribution in [0.5, 0.6) is 0 Å². The van der Waals surface area contributed by atoms with E-state index in [1.807, 2.05) is 24.8 Å². The molecule has 2 aromatic heterocycles. The Labute approximate surface area is 185 Å². The van der Waals surface area contributed by atoms with Crippen LogP contribution in [-0.4, -0.2) is 39.9 Å². The van der Waals surface area contributed by atoms with Gasteiger partial charge in [0.05, 0.1) is 17.7 Å². The molecule has 1 aliphatic rings. The number of pyridine rings is 1. The highest BCUT2D eigenvalue weighted by Gasteiger charge is 2.27. The van der Waals surface area contributed by atoms with E-state index >= 15 is 0 Å². The number of amides is 2. The molecule has 1 atom stereocenters. The third-order valence-electron chi connectivity index (χ3n) is 5.85. The molecule has 166 valence electrons. The Hall–Kier alpha value is -3.55. The fourth-order valence-electron chi connectivity index (χ4n) is 3.98. The molecule has 8 heteroatoms. The number of nitrogens with one attached hydrogen (secondary N) is 1. The van der Waals surface area contributed by atoms with Gasteiger partial charge in [-0.2, -0.15) is 0 Å². The first-order valence-electron chi connectivity index (χ1n) is 10.6. The van der Waals surface area contributed by atoms with Gasteiger partial charge in [0.25, 0.3) is 5.91 Å². The standard InChI is InChI=1S/C24H25FN4O3/c1-15-21(16(2)32-28-15)12-23(30)29-11-3-4-18(14-29)22-10-5-17(13-26-22)24(31)27-20-8-6-19(25)7-9-20/h5-10,13,18H,3-4,11-12,14H2,1-2H3,(H,27,31)/t18-/m1/s1. The second-order valence-corrected chi connectivity index (χ2v) is 8.09. The van der Waals surface area contributed by atoms with Crippen LogP contribution in [0.4, 0.5) is 10.1 Å². The van der Waals surface area contributed by atoms with Crippen molar-refractivity contribution in [1.29, 1.82) is 0 Å². The minimum absolute atomic E-state index is 0.0550. The maximum absolute atomic E-state index is 13.0. The first-order valence-corrected chi connectivity index (χ1v) is 10.6. The summed E-state index contributed by atoms with van der Waals surface area (Å²) in [5, 5.41) is 6.65. The third kappa shape index (κ3) is 4.85. The first-order chi connectivity index (χ1) is 15.4.